The number of amidine groups is 1. The van der Waals surface area contributed by atoms with Gasteiger partial charge in [-0.3, -0.25) is 4.99 Å². The van der Waals surface area contributed by atoms with Crippen molar-refractivity contribution in [2.75, 3.05) is 11.9 Å². The van der Waals surface area contributed by atoms with E-state index < -0.39 is 5.60 Å². The number of alkyl halides is 1. The fourth-order valence-corrected chi connectivity index (χ4v) is 3.05. The van der Waals surface area contributed by atoms with Crippen LogP contribution < -0.4 is 5.32 Å². The molecular formula is C9H17BrN2OS. The first-order chi connectivity index (χ1) is 6.42. The molecule has 0 bridgehead atoms. The van der Waals surface area contributed by atoms with E-state index in [1.165, 1.54) is 0 Å². The van der Waals surface area contributed by atoms with Gasteiger partial charge in [-0.1, -0.05) is 27.7 Å². The number of rotatable bonds is 3. The highest BCUT2D eigenvalue weighted by molar-refractivity contribution is 9.09. The molecule has 2 N–H and O–H groups in total. The lowest BCUT2D eigenvalue weighted by Crippen LogP contribution is -2.30. The first-order valence-corrected chi connectivity index (χ1v) is 6.68. The molecule has 5 heteroatoms. The molecule has 0 spiro atoms. The molecule has 1 heterocycles. The zero-order valence-corrected chi connectivity index (χ0v) is 11.2. The zero-order chi connectivity index (χ0) is 10.8. The summed E-state index contributed by atoms with van der Waals surface area (Å²) >= 11 is 5.21. The summed E-state index contributed by atoms with van der Waals surface area (Å²) in [4.78, 5) is 4.34. The molecule has 1 saturated heterocycles. The van der Waals surface area contributed by atoms with Crippen LogP contribution in [0.2, 0.25) is 0 Å². The third kappa shape index (κ3) is 3.79. The highest BCUT2D eigenvalue weighted by atomic mass is 79.9. The monoisotopic (exact) mass is 280 g/mol. The van der Waals surface area contributed by atoms with Crippen molar-refractivity contribution in [2.45, 2.75) is 37.7 Å². The van der Waals surface area contributed by atoms with E-state index in [2.05, 4.69) is 33.2 Å². The van der Waals surface area contributed by atoms with Crippen LogP contribution in [-0.4, -0.2) is 39.0 Å². The highest BCUT2D eigenvalue weighted by Crippen LogP contribution is 2.25. The third-order valence-electron chi connectivity index (χ3n) is 1.93. The van der Waals surface area contributed by atoms with Crippen LogP contribution in [0.25, 0.3) is 0 Å². The fourth-order valence-electron chi connectivity index (χ4n) is 1.08. The average Bonchev–Trinajstić information content (AvgIpc) is 2.42. The minimum atomic E-state index is -0.717. The van der Waals surface area contributed by atoms with E-state index in [1.54, 1.807) is 25.6 Å². The molecule has 2 atom stereocenters. The molecule has 0 aromatic heterocycles. The first-order valence-electron chi connectivity index (χ1n) is 4.68. The van der Waals surface area contributed by atoms with E-state index >= 15 is 0 Å². The molecule has 0 aliphatic carbocycles. The SMILES string of the molecule is CC1NC(=NCC(C)(C)O)SC1CBr. The largest absolute Gasteiger partial charge is 0.389 e. The number of aliphatic imine (C=N–C) groups is 1. The maximum Gasteiger partial charge on any atom is 0.157 e. The van der Waals surface area contributed by atoms with E-state index in [-0.39, 0.29) is 0 Å². The van der Waals surface area contributed by atoms with Gasteiger partial charge in [0.15, 0.2) is 5.17 Å². The average molecular weight is 281 g/mol. The molecular weight excluding hydrogens is 264 g/mol. The van der Waals surface area contributed by atoms with Gasteiger partial charge >= 0.3 is 0 Å². The predicted molar refractivity (Wildman–Crippen MR) is 66.4 cm³/mol. The maximum absolute atomic E-state index is 9.51. The van der Waals surface area contributed by atoms with Crippen LogP contribution in [0.4, 0.5) is 0 Å². The Morgan fingerprint density at radius 1 is 1.64 bits per heavy atom. The normalized spacial score (nSPS) is 30.8. The van der Waals surface area contributed by atoms with Gasteiger partial charge < -0.3 is 10.4 Å². The van der Waals surface area contributed by atoms with E-state index in [0.29, 0.717) is 17.8 Å². The van der Waals surface area contributed by atoms with Crippen LogP contribution in [-0.2, 0) is 0 Å². The van der Waals surface area contributed by atoms with Gasteiger partial charge in [0.05, 0.1) is 12.1 Å². The van der Waals surface area contributed by atoms with Crippen molar-refractivity contribution >= 4 is 32.9 Å². The van der Waals surface area contributed by atoms with Crippen LogP contribution in [0, 0.1) is 0 Å². The number of hydrogen-bond donors (Lipinski definition) is 2. The van der Waals surface area contributed by atoms with Gasteiger partial charge in [-0.2, -0.15) is 0 Å². The molecule has 0 saturated carbocycles. The molecule has 2 unspecified atom stereocenters. The van der Waals surface area contributed by atoms with Crippen LogP contribution in [0.5, 0.6) is 0 Å². The molecule has 0 aromatic rings. The van der Waals surface area contributed by atoms with Crippen molar-refractivity contribution < 1.29 is 5.11 Å². The topological polar surface area (TPSA) is 44.6 Å². The van der Waals surface area contributed by atoms with E-state index in [9.17, 15) is 5.11 Å². The standard InChI is InChI=1S/C9H17BrN2OS/c1-6-7(4-10)14-8(12-6)11-5-9(2,3)13/h6-7,13H,4-5H2,1-3H3,(H,11,12). The summed E-state index contributed by atoms with van der Waals surface area (Å²) in [5.74, 6) is 0. The van der Waals surface area contributed by atoms with E-state index in [4.69, 9.17) is 0 Å². The Morgan fingerprint density at radius 3 is 2.71 bits per heavy atom. The van der Waals surface area contributed by atoms with Crippen LogP contribution in [0.3, 0.4) is 0 Å². The van der Waals surface area contributed by atoms with Gasteiger partial charge in [-0.25, -0.2) is 0 Å². The zero-order valence-electron chi connectivity index (χ0n) is 8.75. The molecule has 0 amide bonds. The molecule has 0 aromatic carbocycles. The van der Waals surface area contributed by atoms with Gasteiger partial charge in [-0.15, -0.1) is 0 Å². The second-order valence-electron chi connectivity index (χ2n) is 4.18. The summed E-state index contributed by atoms with van der Waals surface area (Å²) in [6, 6.07) is 0.444. The Bertz CT molecular complexity index is 227. The summed E-state index contributed by atoms with van der Waals surface area (Å²) < 4.78 is 0. The Hall–Kier alpha value is 0.260. The Kier molecular flexibility index (Phi) is 4.28. The van der Waals surface area contributed by atoms with Gasteiger partial charge in [0, 0.05) is 16.6 Å². The van der Waals surface area contributed by atoms with E-state index in [0.717, 1.165) is 10.5 Å². The second-order valence-corrected chi connectivity index (χ2v) is 6.05. The minimum Gasteiger partial charge on any atom is -0.389 e. The van der Waals surface area contributed by atoms with E-state index in [1.807, 2.05) is 0 Å². The summed E-state index contributed by atoms with van der Waals surface area (Å²) in [5.41, 5.74) is -0.717. The quantitative estimate of drug-likeness (QED) is 0.772. The second kappa shape index (κ2) is 4.86. The summed E-state index contributed by atoms with van der Waals surface area (Å²) in [6.07, 6.45) is 0. The molecule has 1 aliphatic heterocycles. The van der Waals surface area contributed by atoms with Gasteiger partial charge in [0.2, 0.25) is 0 Å². The Balaban J connectivity index is 2.48. The molecule has 1 rings (SSSR count). The highest BCUT2D eigenvalue weighted by Gasteiger charge is 2.27. The van der Waals surface area contributed by atoms with Gasteiger partial charge in [0.1, 0.15) is 0 Å². The minimum absolute atomic E-state index is 0.444. The number of nitrogens with zero attached hydrogens (tertiary/aromatic N) is 1. The molecule has 1 aliphatic rings. The number of hydrogen-bond acceptors (Lipinski definition) is 3. The Morgan fingerprint density at radius 2 is 2.29 bits per heavy atom. The lowest BCUT2D eigenvalue weighted by molar-refractivity contribution is 0.0904. The van der Waals surface area contributed by atoms with Gasteiger partial charge in [0.25, 0.3) is 0 Å². The van der Waals surface area contributed by atoms with Crippen molar-refractivity contribution in [3.05, 3.63) is 0 Å². The van der Waals surface area contributed by atoms with Crippen molar-refractivity contribution in [2.24, 2.45) is 4.99 Å². The lowest BCUT2D eigenvalue weighted by atomic mass is 10.1. The number of halogens is 1. The number of thioether (sulfide) groups is 1. The van der Waals surface area contributed by atoms with Crippen molar-refractivity contribution in [3.8, 4) is 0 Å². The summed E-state index contributed by atoms with van der Waals surface area (Å²) in [6.45, 7) is 6.12. The number of aliphatic hydroxyl groups is 1. The van der Waals surface area contributed by atoms with Crippen molar-refractivity contribution in [1.29, 1.82) is 0 Å². The van der Waals surface area contributed by atoms with Crippen LogP contribution in [0.15, 0.2) is 4.99 Å². The van der Waals surface area contributed by atoms with Gasteiger partial charge in [-0.05, 0) is 20.8 Å². The fraction of sp³-hybridized carbons (Fsp3) is 0.889. The van der Waals surface area contributed by atoms with Crippen molar-refractivity contribution in [3.63, 3.8) is 0 Å². The number of nitrogens with one attached hydrogen (secondary N) is 1. The smallest absolute Gasteiger partial charge is 0.157 e. The molecule has 1 fully saturated rings. The van der Waals surface area contributed by atoms with Crippen molar-refractivity contribution in [1.82, 2.24) is 5.32 Å². The third-order valence-corrected chi connectivity index (χ3v) is 4.41. The molecule has 82 valence electrons. The predicted octanol–water partition coefficient (Wildman–Crippen LogP) is 1.60. The molecule has 3 nitrogen and oxygen atoms in total. The Labute approximate surface area is 97.9 Å². The maximum atomic E-state index is 9.51. The van der Waals surface area contributed by atoms with Crippen LogP contribution in [0.1, 0.15) is 20.8 Å². The molecule has 0 radical (unpaired) electrons. The first kappa shape index (κ1) is 12.3. The summed E-state index contributed by atoms with van der Waals surface area (Å²) in [5, 5.41) is 15.3. The summed E-state index contributed by atoms with van der Waals surface area (Å²) in [7, 11) is 0. The lowest BCUT2D eigenvalue weighted by Gasteiger charge is -2.13. The molecule has 14 heavy (non-hydrogen) atoms. The van der Waals surface area contributed by atoms with Crippen LogP contribution >= 0.6 is 27.7 Å².